The third-order valence-electron chi connectivity index (χ3n) is 2.70. The van der Waals surface area contributed by atoms with Crippen molar-refractivity contribution in [2.45, 2.75) is 20.3 Å². The highest BCUT2D eigenvalue weighted by molar-refractivity contribution is 6.30. The summed E-state index contributed by atoms with van der Waals surface area (Å²) in [5.74, 6) is -0.962. The van der Waals surface area contributed by atoms with Crippen LogP contribution in [0.1, 0.15) is 30.6 Å². The Kier molecular flexibility index (Phi) is 5.11. The predicted molar refractivity (Wildman–Crippen MR) is 69.2 cm³/mol. The molecule has 0 heterocycles. The Labute approximate surface area is 111 Å². The second-order valence-corrected chi connectivity index (χ2v) is 5.36. The van der Waals surface area contributed by atoms with E-state index in [4.69, 9.17) is 16.7 Å². The molecule has 0 saturated carbocycles. The highest BCUT2D eigenvalue weighted by atomic mass is 35.5. The van der Waals surface area contributed by atoms with Crippen molar-refractivity contribution in [2.75, 3.05) is 13.2 Å². The van der Waals surface area contributed by atoms with Crippen molar-refractivity contribution in [3.05, 3.63) is 34.6 Å². The Bertz CT molecular complexity index is 435. The summed E-state index contributed by atoms with van der Waals surface area (Å²) >= 11 is 5.54. The van der Waals surface area contributed by atoms with E-state index in [0.29, 0.717) is 13.0 Å². The van der Waals surface area contributed by atoms with Crippen LogP contribution in [0.25, 0.3) is 0 Å². The van der Waals surface area contributed by atoms with Crippen molar-refractivity contribution in [3.63, 3.8) is 0 Å². The Morgan fingerprint density at radius 2 is 2.17 bits per heavy atom. The van der Waals surface area contributed by atoms with Crippen molar-refractivity contribution in [1.82, 2.24) is 5.32 Å². The van der Waals surface area contributed by atoms with Crippen LogP contribution in [0.15, 0.2) is 18.2 Å². The smallest absolute Gasteiger partial charge is 0.251 e. The third kappa shape index (κ3) is 4.27. The minimum Gasteiger partial charge on any atom is -0.396 e. The predicted octanol–water partition coefficient (Wildman–Crippen LogP) is 2.62. The Hall–Kier alpha value is -1.13. The topological polar surface area (TPSA) is 49.3 Å². The van der Waals surface area contributed by atoms with Crippen molar-refractivity contribution in [1.29, 1.82) is 0 Å². The summed E-state index contributed by atoms with van der Waals surface area (Å²) in [6.07, 6.45) is 0.586. The molecule has 1 amide bonds. The number of benzene rings is 1. The van der Waals surface area contributed by atoms with Gasteiger partial charge in [-0.1, -0.05) is 25.4 Å². The first kappa shape index (κ1) is 14.9. The molecule has 0 bridgehead atoms. The van der Waals surface area contributed by atoms with Gasteiger partial charge in [-0.15, -0.1) is 0 Å². The minimum atomic E-state index is -0.612. The van der Waals surface area contributed by atoms with Crippen molar-refractivity contribution >= 4 is 17.5 Å². The van der Waals surface area contributed by atoms with E-state index in [1.807, 2.05) is 13.8 Å². The van der Waals surface area contributed by atoms with Gasteiger partial charge >= 0.3 is 0 Å². The van der Waals surface area contributed by atoms with E-state index in [2.05, 4.69) is 5.32 Å². The number of carbonyl (C=O) groups is 1. The van der Waals surface area contributed by atoms with Gasteiger partial charge in [-0.3, -0.25) is 4.79 Å². The van der Waals surface area contributed by atoms with Crippen LogP contribution in [0.4, 0.5) is 4.39 Å². The molecule has 0 radical (unpaired) electrons. The molecule has 1 aromatic carbocycles. The molecule has 5 heteroatoms. The number of nitrogens with one attached hydrogen (secondary N) is 1. The first-order chi connectivity index (χ1) is 8.35. The number of carbonyl (C=O) groups excluding carboxylic acids is 1. The molecule has 0 aliphatic heterocycles. The van der Waals surface area contributed by atoms with E-state index >= 15 is 0 Å². The highest BCUT2D eigenvalue weighted by Gasteiger charge is 2.18. The molecule has 0 spiro atoms. The summed E-state index contributed by atoms with van der Waals surface area (Å²) in [5.41, 5.74) is 0.0340. The quantitative estimate of drug-likeness (QED) is 0.866. The molecule has 18 heavy (non-hydrogen) atoms. The summed E-state index contributed by atoms with van der Waals surface area (Å²) in [5, 5.41) is 11.6. The van der Waals surface area contributed by atoms with Crippen LogP contribution in [0.3, 0.4) is 0 Å². The van der Waals surface area contributed by atoms with E-state index in [1.54, 1.807) is 0 Å². The van der Waals surface area contributed by atoms with Gasteiger partial charge in [0.2, 0.25) is 0 Å². The maximum atomic E-state index is 13.2. The fourth-order valence-electron chi connectivity index (χ4n) is 1.45. The number of hydrogen-bond donors (Lipinski definition) is 2. The van der Waals surface area contributed by atoms with Gasteiger partial charge in [-0.2, -0.15) is 0 Å². The van der Waals surface area contributed by atoms with Crippen molar-refractivity contribution in [2.24, 2.45) is 5.41 Å². The lowest BCUT2D eigenvalue weighted by atomic mass is 9.89. The maximum absolute atomic E-state index is 13.2. The number of rotatable bonds is 5. The molecule has 1 aromatic rings. The monoisotopic (exact) mass is 273 g/mol. The van der Waals surface area contributed by atoms with Crippen LogP contribution in [0.5, 0.6) is 0 Å². The molecule has 100 valence electrons. The minimum absolute atomic E-state index is 0.00726. The summed E-state index contributed by atoms with van der Waals surface area (Å²) in [4.78, 5) is 11.8. The first-order valence-corrected chi connectivity index (χ1v) is 6.07. The van der Waals surface area contributed by atoms with E-state index in [-0.39, 0.29) is 28.5 Å². The molecule has 0 unspecified atom stereocenters. The van der Waals surface area contributed by atoms with Gasteiger partial charge in [0.25, 0.3) is 5.91 Å². The Morgan fingerprint density at radius 3 is 2.72 bits per heavy atom. The SMILES string of the molecule is CC(C)(CCO)CNC(=O)c1ccc(Cl)c(F)c1. The summed E-state index contributed by atoms with van der Waals surface area (Å²) in [6, 6.07) is 3.93. The van der Waals surface area contributed by atoms with Gasteiger partial charge in [-0.05, 0) is 30.0 Å². The van der Waals surface area contributed by atoms with Gasteiger partial charge in [-0.25, -0.2) is 4.39 Å². The standard InChI is InChI=1S/C13H17ClFNO2/c1-13(2,5-6-17)8-16-12(18)9-3-4-10(14)11(15)7-9/h3-4,7,17H,5-6,8H2,1-2H3,(H,16,18). The summed E-state index contributed by atoms with van der Waals surface area (Å²) < 4.78 is 13.2. The molecule has 0 saturated heterocycles. The molecule has 0 aliphatic carbocycles. The van der Waals surface area contributed by atoms with Crippen LogP contribution in [0.2, 0.25) is 5.02 Å². The number of halogens is 2. The van der Waals surface area contributed by atoms with E-state index in [0.717, 1.165) is 6.07 Å². The molecule has 0 fully saturated rings. The summed E-state index contributed by atoms with van der Waals surface area (Å²) in [6.45, 7) is 4.35. The van der Waals surface area contributed by atoms with Crippen LogP contribution >= 0.6 is 11.6 Å². The van der Waals surface area contributed by atoms with Crippen LogP contribution in [0, 0.1) is 11.2 Å². The number of amides is 1. The lowest BCUT2D eigenvalue weighted by Crippen LogP contribution is -2.34. The zero-order chi connectivity index (χ0) is 13.8. The zero-order valence-corrected chi connectivity index (χ0v) is 11.2. The van der Waals surface area contributed by atoms with Gasteiger partial charge in [0, 0.05) is 18.7 Å². The molecule has 0 aromatic heterocycles. The maximum Gasteiger partial charge on any atom is 0.251 e. The van der Waals surface area contributed by atoms with Gasteiger partial charge in [0.05, 0.1) is 5.02 Å². The van der Waals surface area contributed by atoms with E-state index < -0.39 is 5.82 Å². The molecule has 0 atom stereocenters. The fraction of sp³-hybridized carbons (Fsp3) is 0.462. The van der Waals surface area contributed by atoms with Crippen LogP contribution in [-0.4, -0.2) is 24.2 Å². The highest BCUT2D eigenvalue weighted by Crippen LogP contribution is 2.19. The lowest BCUT2D eigenvalue weighted by Gasteiger charge is -2.23. The van der Waals surface area contributed by atoms with Crippen LogP contribution < -0.4 is 5.32 Å². The molecule has 0 aliphatic rings. The van der Waals surface area contributed by atoms with Crippen molar-refractivity contribution in [3.8, 4) is 0 Å². The first-order valence-electron chi connectivity index (χ1n) is 5.70. The Balaban J connectivity index is 2.63. The normalized spacial score (nSPS) is 11.4. The largest absolute Gasteiger partial charge is 0.396 e. The average molecular weight is 274 g/mol. The fourth-order valence-corrected chi connectivity index (χ4v) is 1.57. The molecule has 3 nitrogen and oxygen atoms in total. The van der Waals surface area contributed by atoms with Crippen LogP contribution in [-0.2, 0) is 0 Å². The Morgan fingerprint density at radius 1 is 1.50 bits per heavy atom. The van der Waals surface area contributed by atoms with Gasteiger partial charge < -0.3 is 10.4 Å². The molecular weight excluding hydrogens is 257 g/mol. The number of aliphatic hydroxyl groups excluding tert-OH is 1. The molecule has 2 N–H and O–H groups in total. The molecular formula is C13H17ClFNO2. The molecule has 1 rings (SSSR count). The van der Waals surface area contributed by atoms with E-state index in [9.17, 15) is 9.18 Å². The van der Waals surface area contributed by atoms with Crippen molar-refractivity contribution < 1.29 is 14.3 Å². The van der Waals surface area contributed by atoms with Gasteiger partial charge in [0.1, 0.15) is 5.82 Å². The number of hydrogen-bond acceptors (Lipinski definition) is 2. The van der Waals surface area contributed by atoms with E-state index in [1.165, 1.54) is 12.1 Å². The second kappa shape index (κ2) is 6.16. The zero-order valence-electron chi connectivity index (χ0n) is 10.5. The lowest BCUT2D eigenvalue weighted by molar-refractivity contribution is 0.0928. The third-order valence-corrected chi connectivity index (χ3v) is 3.00. The van der Waals surface area contributed by atoms with Gasteiger partial charge in [0.15, 0.2) is 0 Å². The average Bonchev–Trinajstić information content (AvgIpc) is 2.30. The second-order valence-electron chi connectivity index (χ2n) is 4.95. The number of aliphatic hydroxyl groups is 1. The summed E-state index contributed by atoms with van der Waals surface area (Å²) in [7, 11) is 0.